The normalized spacial score (nSPS) is 21.3. The Bertz CT molecular complexity index is 1950. The molecule has 1 aliphatic carbocycles. The number of nitrogens with zero attached hydrogens (tertiary/aromatic N) is 6. The number of ether oxygens (including phenoxy) is 3. The summed E-state index contributed by atoms with van der Waals surface area (Å²) in [6, 6.07) is 26.5. The molecular formula is C44H54N6O7. The lowest BCUT2D eigenvalue weighted by Gasteiger charge is -2.41. The van der Waals surface area contributed by atoms with Gasteiger partial charge < -0.3 is 43.5 Å². The Kier molecular flexibility index (Phi) is 12.7. The predicted molar refractivity (Wildman–Crippen MR) is 216 cm³/mol. The topological polar surface area (TPSA) is 130 Å². The number of carbonyl (C=O) groups is 3. The van der Waals surface area contributed by atoms with Gasteiger partial charge in [0.2, 0.25) is 5.91 Å². The summed E-state index contributed by atoms with van der Waals surface area (Å²) in [6.07, 6.45) is 4.87. The summed E-state index contributed by atoms with van der Waals surface area (Å²) < 4.78 is 19.4. The highest BCUT2D eigenvalue weighted by molar-refractivity contribution is 5.98. The Labute approximate surface area is 334 Å². The lowest BCUT2D eigenvalue weighted by atomic mass is 9.80. The maximum atomic E-state index is 14.8. The Morgan fingerprint density at radius 1 is 0.860 bits per heavy atom. The van der Waals surface area contributed by atoms with Gasteiger partial charge in [0, 0.05) is 77.5 Å². The van der Waals surface area contributed by atoms with Crippen molar-refractivity contribution in [3.05, 3.63) is 103 Å². The van der Waals surface area contributed by atoms with Gasteiger partial charge in [-0.3, -0.25) is 9.59 Å². The molecule has 57 heavy (non-hydrogen) atoms. The van der Waals surface area contributed by atoms with Crippen molar-refractivity contribution in [2.75, 3.05) is 71.0 Å². The van der Waals surface area contributed by atoms with Crippen LogP contribution in [-0.4, -0.2) is 125 Å². The van der Waals surface area contributed by atoms with Crippen LogP contribution >= 0.6 is 0 Å². The lowest BCUT2D eigenvalue weighted by molar-refractivity contribution is -0.129. The Hall–Kier alpha value is -5.40. The molecule has 13 nitrogen and oxygen atoms in total. The van der Waals surface area contributed by atoms with Crippen molar-refractivity contribution < 1.29 is 33.7 Å². The van der Waals surface area contributed by atoms with Crippen LogP contribution in [0.25, 0.3) is 11.3 Å². The highest BCUT2D eigenvalue weighted by Gasteiger charge is 2.43. The highest BCUT2D eigenvalue weighted by Crippen LogP contribution is 2.41. The molecule has 302 valence electrons. The monoisotopic (exact) mass is 778 g/mol. The number of benzene rings is 3. The molecule has 1 saturated carbocycles. The van der Waals surface area contributed by atoms with Crippen molar-refractivity contribution in [1.29, 1.82) is 0 Å². The minimum atomic E-state index is -1.11. The van der Waals surface area contributed by atoms with E-state index in [1.54, 1.807) is 25.3 Å². The zero-order chi connectivity index (χ0) is 39.8. The van der Waals surface area contributed by atoms with Crippen LogP contribution in [0.2, 0.25) is 0 Å². The zero-order valence-corrected chi connectivity index (χ0v) is 33.0. The minimum absolute atomic E-state index is 0.102. The van der Waals surface area contributed by atoms with E-state index in [4.69, 9.17) is 19.2 Å². The number of imidazole rings is 1. The molecule has 0 radical (unpaired) electrons. The summed E-state index contributed by atoms with van der Waals surface area (Å²) in [5.74, 6) is 0.565. The molecule has 3 aliphatic rings. The summed E-state index contributed by atoms with van der Waals surface area (Å²) >= 11 is 0. The number of aromatic nitrogens is 2. The maximum Gasteiger partial charge on any atom is 0.410 e. The molecule has 0 bridgehead atoms. The number of aliphatic hydroxyl groups is 1. The number of methoxy groups -OCH3 is 1. The highest BCUT2D eigenvalue weighted by atomic mass is 16.6. The van der Waals surface area contributed by atoms with Crippen molar-refractivity contribution >= 4 is 23.6 Å². The van der Waals surface area contributed by atoms with Crippen LogP contribution in [0.5, 0.6) is 5.75 Å². The molecule has 13 heteroatoms. The van der Waals surface area contributed by atoms with Crippen molar-refractivity contribution in [2.45, 2.75) is 63.3 Å². The van der Waals surface area contributed by atoms with Crippen LogP contribution in [0, 0.1) is 0 Å². The second-order valence-corrected chi connectivity index (χ2v) is 15.3. The lowest BCUT2D eigenvalue weighted by Crippen LogP contribution is -2.57. The smallest absolute Gasteiger partial charge is 0.410 e. The standard InChI is InChI=1S/C44H54N6O7/c1-33(51)46-22-24-47(25-23-46)36-16-18-38(19-17-36)56-28-20-37-29-48(43(53)57-30-34-11-5-3-6-12-34)26-27-49(37)42(52)40-41(35-13-7-4-8-14-35)50(32-45-40)39-15-9-10-21-44(39,54)31-55-2/h3-8,11-14,16-19,32,37,39,54H,9-10,15,20-31H2,1-2H3/t37-,39-,44-/m1/s1. The largest absolute Gasteiger partial charge is 0.494 e. The first kappa shape index (κ1) is 39.8. The van der Waals surface area contributed by atoms with Crippen molar-refractivity contribution in [1.82, 2.24) is 24.3 Å². The number of hydrogen-bond donors (Lipinski definition) is 1. The fourth-order valence-electron chi connectivity index (χ4n) is 8.48. The Morgan fingerprint density at radius 3 is 2.26 bits per heavy atom. The van der Waals surface area contributed by atoms with Crippen LogP contribution in [0.15, 0.2) is 91.3 Å². The molecule has 2 aliphatic heterocycles. The van der Waals surface area contributed by atoms with Gasteiger partial charge >= 0.3 is 6.09 Å². The van der Waals surface area contributed by atoms with Crippen molar-refractivity contribution in [3.8, 4) is 17.0 Å². The Morgan fingerprint density at radius 2 is 1.56 bits per heavy atom. The van der Waals surface area contributed by atoms with Crippen LogP contribution in [0.1, 0.15) is 61.1 Å². The number of carbonyl (C=O) groups excluding carboxylic acids is 3. The van der Waals surface area contributed by atoms with Crippen molar-refractivity contribution in [3.63, 3.8) is 0 Å². The molecule has 4 aromatic rings. The van der Waals surface area contributed by atoms with Gasteiger partial charge in [-0.15, -0.1) is 0 Å². The minimum Gasteiger partial charge on any atom is -0.494 e. The van der Waals surface area contributed by atoms with Gasteiger partial charge in [0.25, 0.3) is 5.91 Å². The third-order valence-corrected chi connectivity index (χ3v) is 11.6. The molecule has 0 spiro atoms. The second kappa shape index (κ2) is 18.2. The summed E-state index contributed by atoms with van der Waals surface area (Å²) in [7, 11) is 1.60. The Balaban J connectivity index is 1.10. The SMILES string of the molecule is COC[C@]1(O)CCCC[C@H]1n1cnc(C(=O)N2CCN(C(=O)OCc3ccccc3)C[C@H]2CCOc2ccc(N3CCN(C(C)=O)CC3)cc2)c1-c1ccccc1. The third kappa shape index (κ3) is 9.26. The van der Waals surface area contributed by atoms with Gasteiger partial charge in [0.05, 0.1) is 37.3 Å². The molecule has 3 atom stereocenters. The summed E-state index contributed by atoms with van der Waals surface area (Å²) in [5.41, 5.74) is 2.65. The number of amides is 3. The summed E-state index contributed by atoms with van der Waals surface area (Å²) in [6.45, 7) is 6.05. The van der Waals surface area contributed by atoms with Crippen LogP contribution < -0.4 is 9.64 Å². The maximum absolute atomic E-state index is 14.8. The first-order valence-corrected chi connectivity index (χ1v) is 20.1. The fourth-order valence-corrected chi connectivity index (χ4v) is 8.48. The van der Waals surface area contributed by atoms with Gasteiger partial charge in [-0.25, -0.2) is 9.78 Å². The van der Waals surface area contributed by atoms with E-state index in [-0.39, 0.29) is 50.2 Å². The number of piperazine rings is 2. The fraction of sp³-hybridized carbons (Fsp3) is 0.455. The van der Waals surface area contributed by atoms with Crippen LogP contribution in [-0.2, 0) is 20.9 Å². The molecule has 3 amide bonds. The predicted octanol–water partition coefficient (Wildman–Crippen LogP) is 5.64. The molecule has 1 N–H and O–H groups in total. The van der Waals surface area contributed by atoms with Crippen molar-refractivity contribution in [2.24, 2.45) is 0 Å². The van der Waals surface area contributed by atoms with Gasteiger partial charge in [-0.05, 0) is 42.7 Å². The second-order valence-electron chi connectivity index (χ2n) is 15.3. The van der Waals surface area contributed by atoms with E-state index in [1.165, 1.54) is 0 Å². The first-order valence-electron chi connectivity index (χ1n) is 20.1. The molecule has 1 aromatic heterocycles. The summed E-state index contributed by atoms with van der Waals surface area (Å²) in [5, 5.41) is 11.8. The number of rotatable bonds is 12. The zero-order valence-electron chi connectivity index (χ0n) is 33.0. The molecule has 7 rings (SSSR count). The van der Waals surface area contributed by atoms with E-state index in [0.717, 1.165) is 49.2 Å². The molecule has 0 unspecified atom stereocenters. The molecule has 3 heterocycles. The van der Waals surface area contributed by atoms with Crippen LogP contribution in [0.4, 0.5) is 10.5 Å². The average molecular weight is 779 g/mol. The molecule has 2 saturated heterocycles. The third-order valence-electron chi connectivity index (χ3n) is 11.6. The van der Waals surface area contributed by atoms with E-state index >= 15 is 0 Å². The van der Waals surface area contributed by atoms with Gasteiger partial charge in [0.1, 0.15) is 18.0 Å². The van der Waals surface area contributed by atoms with E-state index in [1.807, 2.05) is 99.3 Å². The van der Waals surface area contributed by atoms with Gasteiger partial charge in [-0.2, -0.15) is 0 Å². The van der Waals surface area contributed by atoms with E-state index < -0.39 is 11.7 Å². The van der Waals surface area contributed by atoms with E-state index in [0.29, 0.717) is 56.2 Å². The van der Waals surface area contributed by atoms with E-state index in [2.05, 4.69) is 4.90 Å². The average Bonchev–Trinajstić information content (AvgIpc) is 3.68. The van der Waals surface area contributed by atoms with E-state index in [9.17, 15) is 19.5 Å². The molecule has 3 fully saturated rings. The van der Waals surface area contributed by atoms with Gasteiger partial charge in [-0.1, -0.05) is 73.5 Å². The molecular weight excluding hydrogens is 725 g/mol. The summed E-state index contributed by atoms with van der Waals surface area (Å²) in [4.78, 5) is 52.4. The number of anilines is 1. The van der Waals surface area contributed by atoms with Crippen LogP contribution in [0.3, 0.4) is 0 Å². The quantitative estimate of drug-likeness (QED) is 0.194. The first-order chi connectivity index (χ1) is 27.7. The number of hydrogen-bond acceptors (Lipinski definition) is 9. The van der Waals surface area contributed by atoms with Gasteiger partial charge in [0.15, 0.2) is 5.69 Å². The molecule has 3 aromatic carbocycles.